The van der Waals surface area contributed by atoms with E-state index in [4.69, 9.17) is 14.2 Å². The van der Waals surface area contributed by atoms with E-state index in [1.165, 1.54) is 0 Å². The van der Waals surface area contributed by atoms with Gasteiger partial charge in [-0.1, -0.05) is 26.0 Å². The third kappa shape index (κ3) is 3.47. The number of rotatable bonds is 5. The van der Waals surface area contributed by atoms with Crippen LogP contribution in [0.15, 0.2) is 12.2 Å². The van der Waals surface area contributed by atoms with Crippen molar-refractivity contribution >= 4 is 0 Å². The van der Waals surface area contributed by atoms with E-state index in [9.17, 15) is 25.5 Å². The van der Waals surface area contributed by atoms with Crippen molar-refractivity contribution in [2.45, 2.75) is 94.7 Å². The number of epoxide rings is 1. The van der Waals surface area contributed by atoms with Gasteiger partial charge in [0.15, 0.2) is 6.29 Å². The summed E-state index contributed by atoms with van der Waals surface area (Å²) in [7, 11) is 0. The Balaban J connectivity index is 1.67. The molecule has 2 heterocycles. The molecular formula is C19H32O8. The van der Waals surface area contributed by atoms with Gasteiger partial charge in [-0.2, -0.15) is 0 Å². The zero-order valence-corrected chi connectivity index (χ0v) is 16.3. The van der Waals surface area contributed by atoms with E-state index in [0.717, 1.165) is 0 Å². The monoisotopic (exact) mass is 388 g/mol. The SMILES string of the molecule is C[C@H](/C=C/[C@]12O[C@@]1(C)C[C@@H](O)CC2(C)C)O[C@@H]1O[C@H](CO)[C@H](O)[C@H](O)[C@H]1O. The summed E-state index contributed by atoms with van der Waals surface area (Å²) in [5.74, 6) is 0. The maximum Gasteiger partial charge on any atom is 0.187 e. The molecule has 0 unspecified atom stereocenters. The summed E-state index contributed by atoms with van der Waals surface area (Å²) in [4.78, 5) is 0. The van der Waals surface area contributed by atoms with Gasteiger partial charge in [-0.15, -0.1) is 0 Å². The van der Waals surface area contributed by atoms with Gasteiger partial charge in [0.1, 0.15) is 35.6 Å². The normalized spacial score (nSPS) is 50.4. The fourth-order valence-electron chi connectivity index (χ4n) is 4.78. The molecule has 8 nitrogen and oxygen atoms in total. The first-order valence-corrected chi connectivity index (χ1v) is 9.50. The molecule has 0 aromatic rings. The van der Waals surface area contributed by atoms with Gasteiger partial charge in [0.2, 0.25) is 0 Å². The van der Waals surface area contributed by atoms with Gasteiger partial charge in [0, 0.05) is 11.8 Å². The summed E-state index contributed by atoms with van der Waals surface area (Å²) in [5.41, 5.74) is -1.17. The highest BCUT2D eigenvalue weighted by Gasteiger charge is 2.74. The second kappa shape index (κ2) is 7.03. The summed E-state index contributed by atoms with van der Waals surface area (Å²) in [5, 5.41) is 49.1. The first-order valence-electron chi connectivity index (χ1n) is 9.50. The first-order chi connectivity index (χ1) is 12.5. The van der Waals surface area contributed by atoms with Crippen molar-refractivity contribution in [3.8, 4) is 0 Å². The maximum absolute atomic E-state index is 10.1. The number of aliphatic hydroxyl groups is 5. The van der Waals surface area contributed by atoms with Gasteiger partial charge in [-0.05, 0) is 20.3 Å². The molecular weight excluding hydrogens is 356 g/mol. The second-order valence-electron chi connectivity index (χ2n) is 8.91. The van der Waals surface area contributed by atoms with Crippen LogP contribution in [0, 0.1) is 5.41 Å². The van der Waals surface area contributed by atoms with Crippen molar-refractivity contribution < 1.29 is 39.7 Å². The third-order valence-corrected chi connectivity index (χ3v) is 6.31. The second-order valence-corrected chi connectivity index (χ2v) is 8.91. The molecule has 156 valence electrons. The minimum Gasteiger partial charge on any atom is -0.394 e. The lowest BCUT2D eigenvalue weighted by atomic mass is 9.63. The molecule has 0 amide bonds. The van der Waals surface area contributed by atoms with Gasteiger partial charge in [-0.3, -0.25) is 0 Å². The molecule has 1 saturated carbocycles. The number of aliphatic hydroxyl groups excluding tert-OH is 5. The summed E-state index contributed by atoms with van der Waals surface area (Å²) < 4.78 is 17.1. The molecule has 5 N–H and O–H groups in total. The van der Waals surface area contributed by atoms with E-state index in [-0.39, 0.29) is 5.41 Å². The van der Waals surface area contributed by atoms with Crippen molar-refractivity contribution in [1.29, 1.82) is 0 Å². The van der Waals surface area contributed by atoms with Gasteiger partial charge < -0.3 is 39.7 Å². The number of hydrogen-bond donors (Lipinski definition) is 5. The number of fused-ring (bicyclic) bond motifs is 1. The molecule has 0 spiro atoms. The maximum atomic E-state index is 10.1. The highest BCUT2D eigenvalue weighted by Crippen LogP contribution is 2.66. The van der Waals surface area contributed by atoms with Crippen LogP contribution in [0.5, 0.6) is 0 Å². The molecule has 2 aliphatic heterocycles. The lowest BCUT2D eigenvalue weighted by Crippen LogP contribution is -2.59. The van der Waals surface area contributed by atoms with Crippen LogP contribution in [0.25, 0.3) is 0 Å². The smallest absolute Gasteiger partial charge is 0.187 e. The predicted octanol–water partition coefficient (Wildman–Crippen LogP) is -0.544. The average Bonchev–Trinajstić information content (AvgIpc) is 3.19. The Bertz CT molecular complexity index is 578. The van der Waals surface area contributed by atoms with Gasteiger partial charge in [0.25, 0.3) is 0 Å². The Labute approximate surface area is 159 Å². The minimum atomic E-state index is -1.47. The zero-order valence-electron chi connectivity index (χ0n) is 16.3. The van der Waals surface area contributed by atoms with Crippen LogP contribution >= 0.6 is 0 Å². The van der Waals surface area contributed by atoms with E-state index < -0.39 is 60.7 Å². The van der Waals surface area contributed by atoms with E-state index in [1.807, 2.05) is 19.1 Å². The van der Waals surface area contributed by atoms with Crippen molar-refractivity contribution in [3.05, 3.63) is 12.2 Å². The molecule has 3 fully saturated rings. The van der Waals surface area contributed by atoms with Crippen LogP contribution in [0.1, 0.15) is 40.5 Å². The molecule has 27 heavy (non-hydrogen) atoms. The highest BCUT2D eigenvalue weighted by atomic mass is 16.7. The fourth-order valence-corrected chi connectivity index (χ4v) is 4.78. The van der Waals surface area contributed by atoms with Crippen molar-refractivity contribution in [2.24, 2.45) is 5.41 Å². The van der Waals surface area contributed by atoms with Crippen molar-refractivity contribution in [2.75, 3.05) is 6.61 Å². The molecule has 1 aliphatic carbocycles. The molecule has 0 radical (unpaired) electrons. The number of ether oxygens (including phenoxy) is 3. The molecule has 3 rings (SSSR count). The van der Waals surface area contributed by atoms with E-state index >= 15 is 0 Å². The van der Waals surface area contributed by atoms with E-state index in [0.29, 0.717) is 12.8 Å². The van der Waals surface area contributed by atoms with Crippen molar-refractivity contribution in [1.82, 2.24) is 0 Å². The van der Waals surface area contributed by atoms with Crippen LogP contribution in [-0.2, 0) is 14.2 Å². The lowest BCUT2D eigenvalue weighted by Gasteiger charge is -2.40. The fraction of sp³-hybridized carbons (Fsp3) is 0.895. The third-order valence-electron chi connectivity index (χ3n) is 6.31. The standard InChI is InChI=1S/C19H32O8/c1-10(25-16-15(24)14(23)13(22)12(9-20)26-16)5-6-19-17(2,3)7-11(21)8-18(19,4)27-19/h5-6,10-16,20-24H,7-9H2,1-4H3/b6-5+/t10-,11+,12-,13+,14+,15-,16-,18+,19-/m1/s1. The molecule has 0 aromatic carbocycles. The summed E-state index contributed by atoms with van der Waals surface area (Å²) in [6.45, 7) is 7.38. The lowest BCUT2D eigenvalue weighted by molar-refractivity contribution is -0.306. The first kappa shape index (κ1) is 21.1. The summed E-state index contributed by atoms with van der Waals surface area (Å²) >= 11 is 0. The number of hydrogen-bond acceptors (Lipinski definition) is 8. The average molecular weight is 388 g/mol. The molecule has 0 aromatic heterocycles. The van der Waals surface area contributed by atoms with Crippen LogP contribution < -0.4 is 0 Å². The molecule has 8 heteroatoms. The largest absolute Gasteiger partial charge is 0.394 e. The van der Waals surface area contributed by atoms with Crippen LogP contribution in [0.3, 0.4) is 0 Å². The van der Waals surface area contributed by atoms with E-state index in [2.05, 4.69) is 13.8 Å². The Morgan fingerprint density at radius 1 is 1.07 bits per heavy atom. The van der Waals surface area contributed by atoms with Crippen LogP contribution in [0.4, 0.5) is 0 Å². The zero-order chi connectivity index (χ0) is 20.2. The van der Waals surface area contributed by atoms with Gasteiger partial charge in [-0.25, -0.2) is 0 Å². The molecule has 2 saturated heterocycles. The van der Waals surface area contributed by atoms with Crippen LogP contribution in [-0.4, -0.2) is 86.3 Å². The Morgan fingerprint density at radius 2 is 1.74 bits per heavy atom. The Morgan fingerprint density at radius 3 is 2.33 bits per heavy atom. The highest BCUT2D eigenvalue weighted by molar-refractivity contribution is 5.32. The Hall–Kier alpha value is -0.580. The Kier molecular flexibility index (Phi) is 5.51. The predicted molar refractivity (Wildman–Crippen MR) is 94.7 cm³/mol. The van der Waals surface area contributed by atoms with Gasteiger partial charge in [0.05, 0.1) is 18.8 Å². The van der Waals surface area contributed by atoms with Crippen LogP contribution in [0.2, 0.25) is 0 Å². The summed E-state index contributed by atoms with van der Waals surface area (Å²) in [6, 6.07) is 0. The topological polar surface area (TPSA) is 132 Å². The van der Waals surface area contributed by atoms with Crippen molar-refractivity contribution in [3.63, 3.8) is 0 Å². The van der Waals surface area contributed by atoms with E-state index in [1.54, 1.807) is 6.92 Å². The molecule has 3 aliphatic rings. The quantitative estimate of drug-likeness (QED) is 0.313. The molecule has 9 atom stereocenters. The molecule has 0 bridgehead atoms. The van der Waals surface area contributed by atoms with Gasteiger partial charge >= 0.3 is 0 Å². The summed E-state index contributed by atoms with van der Waals surface area (Å²) in [6.07, 6.45) is -2.39. The minimum absolute atomic E-state index is 0.251.